The number of hydrogen-bond acceptors (Lipinski definition) is 8. The van der Waals surface area contributed by atoms with E-state index < -0.39 is 55.3 Å². The van der Waals surface area contributed by atoms with Gasteiger partial charge >= 0.3 is 0 Å². The van der Waals surface area contributed by atoms with Crippen molar-refractivity contribution in [3.05, 3.63) is 34.6 Å². The van der Waals surface area contributed by atoms with E-state index in [2.05, 4.69) is 0 Å². The van der Waals surface area contributed by atoms with Gasteiger partial charge in [0.2, 0.25) is 0 Å². The van der Waals surface area contributed by atoms with Gasteiger partial charge in [-0.1, -0.05) is 17.7 Å². The van der Waals surface area contributed by atoms with E-state index in [0.29, 0.717) is 0 Å². The molecule has 10 heteroatoms. The number of benzene rings is 1. The zero-order valence-electron chi connectivity index (χ0n) is 14.4. The number of aliphatic hydroxyl groups excluding tert-OH is 5. The van der Waals surface area contributed by atoms with Gasteiger partial charge in [-0.3, -0.25) is 4.90 Å². The quantitative estimate of drug-likeness (QED) is 0.422. The minimum Gasteiger partial charge on any atom is -0.395 e. The highest BCUT2D eigenvalue weighted by molar-refractivity contribution is 6.31. The molecule has 2 aliphatic rings. The van der Waals surface area contributed by atoms with Crippen molar-refractivity contribution < 1.29 is 39.4 Å². The third-order valence-corrected chi connectivity index (χ3v) is 5.31. The normalized spacial score (nSPS) is 36.1. The Labute approximate surface area is 160 Å². The first kappa shape index (κ1) is 20.8. The summed E-state index contributed by atoms with van der Waals surface area (Å²) in [6.45, 7) is -0.647. The summed E-state index contributed by atoms with van der Waals surface area (Å²) in [5.74, 6) is -0.636. The number of β-amino-alcohol motifs (C(OH)–C–C–N with tert-alkyl or cyclic N) is 2. The summed E-state index contributed by atoms with van der Waals surface area (Å²) in [5, 5.41) is 49.8. The van der Waals surface area contributed by atoms with Crippen LogP contribution in [0.3, 0.4) is 0 Å². The molecule has 0 aromatic heterocycles. The molecule has 8 nitrogen and oxygen atoms in total. The van der Waals surface area contributed by atoms with Gasteiger partial charge < -0.3 is 35.0 Å². The Hall–Kier alpha value is -0.880. The summed E-state index contributed by atoms with van der Waals surface area (Å²) in [7, 11) is 0. The Morgan fingerprint density at radius 1 is 1.26 bits per heavy atom. The molecule has 152 valence electrons. The lowest BCUT2D eigenvalue weighted by Crippen LogP contribution is -2.52. The van der Waals surface area contributed by atoms with Crippen LogP contribution in [0.25, 0.3) is 0 Å². The van der Waals surface area contributed by atoms with Gasteiger partial charge in [0.15, 0.2) is 6.29 Å². The van der Waals surface area contributed by atoms with E-state index in [-0.39, 0.29) is 30.3 Å². The third kappa shape index (κ3) is 4.26. The van der Waals surface area contributed by atoms with Crippen LogP contribution in [-0.4, -0.2) is 93.3 Å². The van der Waals surface area contributed by atoms with Crippen LogP contribution in [0.4, 0.5) is 4.39 Å². The molecule has 1 aromatic rings. The van der Waals surface area contributed by atoms with Crippen LogP contribution in [0.15, 0.2) is 18.2 Å². The van der Waals surface area contributed by atoms with Gasteiger partial charge in [-0.15, -0.1) is 0 Å². The highest BCUT2D eigenvalue weighted by Gasteiger charge is 2.43. The van der Waals surface area contributed by atoms with Crippen LogP contribution in [-0.2, 0) is 9.47 Å². The molecule has 1 aromatic carbocycles. The molecule has 27 heavy (non-hydrogen) atoms. The lowest BCUT2D eigenvalue weighted by Gasteiger charge is -2.38. The summed E-state index contributed by atoms with van der Waals surface area (Å²) in [5.41, 5.74) is -0.0245. The third-order valence-electron chi connectivity index (χ3n) is 4.98. The molecule has 0 amide bonds. The molecule has 0 aliphatic carbocycles. The number of nitrogens with zero attached hydrogens (tertiary/aromatic N) is 1. The van der Waals surface area contributed by atoms with Crippen molar-refractivity contribution in [2.75, 3.05) is 26.3 Å². The average Bonchev–Trinajstić information content (AvgIpc) is 2.89. The maximum atomic E-state index is 14.1. The van der Waals surface area contributed by atoms with Crippen LogP contribution in [0.5, 0.6) is 0 Å². The molecule has 0 bridgehead atoms. The fourth-order valence-electron chi connectivity index (χ4n) is 3.52. The fourth-order valence-corrected chi connectivity index (χ4v) is 3.77. The second kappa shape index (κ2) is 8.64. The van der Waals surface area contributed by atoms with Crippen molar-refractivity contribution in [2.24, 2.45) is 0 Å². The second-order valence-electron chi connectivity index (χ2n) is 6.80. The van der Waals surface area contributed by atoms with Crippen molar-refractivity contribution in [2.45, 2.75) is 42.9 Å². The summed E-state index contributed by atoms with van der Waals surface area (Å²) in [6.07, 6.45) is -6.94. The van der Waals surface area contributed by atoms with E-state index in [4.69, 9.17) is 21.1 Å². The predicted molar refractivity (Wildman–Crippen MR) is 91.5 cm³/mol. The van der Waals surface area contributed by atoms with Gasteiger partial charge in [-0.25, -0.2) is 4.39 Å². The molecule has 7 atom stereocenters. The summed E-state index contributed by atoms with van der Waals surface area (Å²) in [4.78, 5) is 1.51. The number of rotatable bonds is 5. The van der Waals surface area contributed by atoms with Gasteiger partial charge in [0, 0.05) is 13.1 Å². The maximum absolute atomic E-state index is 14.1. The van der Waals surface area contributed by atoms with Crippen molar-refractivity contribution >= 4 is 11.6 Å². The molecule has 0 saturated carbocycles. The second-order valence-corrected chi connectivity index (χ2v) is 7.20. The molecule has 5 N–H and O–H groups in total. The van der Waals surface area contributed by atoms with Crippen LogP contribution in [0.1, 0.15) is 11.9 Å². The van der Waals surface area contributed by atoms with Gasteiger partial charge in [0.25, 0.3) is 0 Å². The lowest BCUT2D eigenvalue weighted by atomic mass is 10.1. The zero-order chi connectivity index (χ0) is 19.7. The topological polar surface area (TPSA) is 123 Å². The highest BCUT2D eigenvalue weighted by atomic mass is 35.5. The molecule has 0 spiro atoms. The number of aliphatic hydroxyl groups is 5. The first-order valence-corrected chi connectivity index (χ1v) is 8.99. The first-order valence-electron chi connectivity index (χ1n) is 8.61. The largest absolute Gasteiger partial charge is 0.395 e. The molecule has 1 unspecified atom stereocenters. The maximum Gasteiger partial charge on any atom is 0.188 e. The minimum atomic E-state index is -1.25. The standard InChI is InChI=1S/C17H23ClFNO7/c18-8-2-1-3-9(19)14(8)17-26-7-13(24)16(27-17)12(23)5-20-4-11(22)15(25)10(20)6-21/h1-3,10-13,15-17,21-25H,4-7H2/t10-,11-,12-,13-,15-,16-,17?/m1/s1. The molecular formula is C17H23ClFNO7. The zero-order valence-corrected chi connectivity index (χ0v) is 15.1. The van der Waals surface area contributed by atoms with Crippen molar-refractivity contribution in [1.82, 2.24) is 4.90 Å². The summed E-state index contributed by atoms with van der Waals surface area (Å²) >= 11 is 6.02. The Morgan fingerprint density at radius 2 is 2.00 bits per heavy atom. The molecule has 0 radical (unpaired) electrons. The summed E-state index contributed by atoms with van der Waals surface area (Å²) < 4.78 is 25.0. The van der Waals surface area contributed by atoms with Crippen molar-refractivity contribution in [3.8, 4) is 0 Å². The lowest BCUT2D eigenvalue weighted by molar-refractivity contribution is -0.277. The van der Waals surface area contributed by atoms with Crippen LogP contribution in [0, 0.1) is 5.82 Å². The molecule has 2 saturated heterocycles. The van der Waals surface area contributed by atoms with Crippen LogP contribution in [0.2, 0.25) is 5.02 Å². The van der Waals surface area contributed by atoms with Gasteiger partial charge in [0.05, 0.1) is 48.2 Å². The molecular weight excluding hydrogens is 385 g/mol. The van der Waals surface area contributed by atoms with E-state index in [1.165, 1.54) is 23.1 Å². The van der Waals surface area contributed by atoms with Gasteiger partial charge in [-0.2, -0.15) is 0 Å². The number of likely N-dealkylation sites (tertiary alicyclic amines) is 1. The Bertz CT molecular complexity index is 633. The smallest absolute Gasteiger partial charge is 0.188 e. The molecule has 2 heterocycles. The van der Waals surface area contributed by atoms with Crippen LogP contribution >= 0.6 is 11.6 Å². The predicted octanol–water partition coefficient (Wildman–Crippen LogP) is -0.987. The molecule has 2 fully saturated rings. The minimum absolute atomic E-state index is 0.0245. The number of ether oxygens (including phenoxy) is 2. The van der Waals surface area contributed by atoms with E-state index in [1.54, 1.807) is 0 Å². The molecule has 2 aliphatic heterocycles. The van der Waals surface area contributed by atoms with E-state index in [1.807, 2.05) is 0 Å². The van der Waals surface area contributed by atoms with Gasteiger partial charge in [0.1, 0.15) is 18.0 Å². The van der Waals surface area contributed by atoms with E-state index in [0.717, 1.165) is 0 Å². The van der Waals surface area contributed by atoms with Crippen molar-refractivity contribution in [3.63, 3.8) is 0 Å². The van der Waals surface area contributed by atoms with E-state index in [9.17, 15) is 29.9 Å². The Kier molecular flexibility index (Phi) is 6.67. The average molecular weight is 408 g/mol. The summed E-state index contributed by atoms with van der Waals surface area (Å²) in [6, 6.07) is 3.36. The number of halogens is 2. The van der Waals surface area contributed by atoms with Crippen LogP contribution < -0.4 is 0 Å². The van der Waals surface area contributed by atoms with Crippen molar-refractivity contribution in [1.29, 1.82) is 0 Å². The van der Waals surface area contributed by atoms with Gasteiger partial charge in [-0.05, 0) is 12.1 Å². The highest BCUT2D eigenvalue weighted by Crippen LogP contribution is 2.34. The molecule has 3 rings (SSSR count). The fraction of sp³-hybridized carbons (Fsp3) is 0.647. The SMILES string of the molecule is OC[C@@H]1[C@@H](O)[C@H](O)CN1C[C@@H](O)[C@H]1OC(c2c(F)cccc2Cl)OC[C@H]1O. The Morgan fingerprint density at radius 3 is 2.67 bits per heavy atom. The monoisotopic (exact) mass is 407 g/mol. The Balaban J connectivity index is 1.71. The van der Waals surface area contributed by atoms with E-state index >= 15 is 0 Å². The number of hydrogen-bond donors (Lipinski definition) is 5. The first-order chi connectivity index (χ1) is 12.8.